The minimum Gasteiger partial charge on any atom is -0.396 e. The number of carbonyl (C=O) groups excluding carboxylic acids is 2. The van der Waals surface area contributed by atoms with Crippen LogP contribution >= 0.6 is 0 Å². The van der Waals surface area contributed by atoms with Crippen LogP contribution in [0.4, 0.5) is 22.7 Å². The van der Waals surface area contributed by atoms with Crippen LogP contribution in [0.25, 0.3) is 10.8 Å². The van der Waals surface area contributed by atoms with Crippen molar-refractivity contribution in [3.8, 4) is 0 Å². The van der Waals surface area contributed by atoms with Gasteiger partial charge in [-0.1, -0.05) is 55.5 Å². The van der Waals surface area contributed by atoms with E-state index in [-0.39, 0.29) is 30.3 Å². The zero-order chi connectivity index (χ0) is 28.9. The Kier molecular flexibility index (Phi) is 6.40. The van der Waals surface area contributed by atoms with Gasteiger partial charge in [0.2, 0.25) is 0 Å². The highest BCUT2D eigenvalue weighted by Crippen LogP contribution is 2.47. The quantitative estimate of drug-likeness (QED) is 0.174. The second-order valence-corrected chi connectivity index (χ2v) is 10.3. The van der Waals surface area contributed by atoms with E-state index >= 15 is 0 Å². The van der Waals surface area contributed by atoms with E-state index in [2.05, 4.69) is 0 Å². The number of non-ortho nitro benzene ring substituents is 1. The molecule has 0 saturated carbocycles. The number of rotatable bonds is 8. The normalized spacial score (nSPS) is 18.5. The Bertz CT molecular complexity index is 1740. The van der Waals surface area contributed by atoms with Gasteiger partial charge in [0.1, 0.15) is 0 Å². The lowest BCUT2D eigenvalue weighted by Crippen LogP contribution is -2.44. The minimum absolute atomic E-state index is 0.0793. The molecule has 4 aromatic rings. The highest BCUT2D eigenvalue weighted by molar-refractivity contribution is 6.27. The van der Waals surface area contributed by atoms with Gasteiger partial charge in [0.25, 0.3) is 17.5 Å². The Labute approximate surface area is 235 Å². The fourth-order valence-corrected chi connectivity index (χ4v) is 5.82. The van der Waals surface area contributed by atoms with Gasteiger partial charge >= 0.3 is 0 Å². The Balaban J connectivity index is 1.32. The lowest BCUT2D eigenvalue weighted by Gasteiger charge is -2.27. The van der Waals surface area contributed by atoms with Gasteiger partial charge in [0, 0.05) is 41.3 Å². The SMILES string of the molecule is C[C@H](/C=C/CCO)[C@@]1(O)C(=O)N(Cc2ccc(N3C(=O)c4cccc5cccc3c45)cc2)c2ccc([N+](=O)[O-])cc21. The summed E-state index contributed by atoms with van der Waals surface area (Å²) >= 11 is 0. The van der Waals surface area contributed by atoms with Crippen LogP contribution in [0.5, 0.6) is 0 Å². The third kappa shape index (κ3) is 4.09. The molecule has 0 radical (unpaired) electrons. The van der Waals surface area contributed by atoms with Gasteiger partial charge in [-0.25, -0.2) is 0 Å². The predicted octanol–water partition coefficient (Wildman–Crippen LogP) is 5.35. The summed E-state index contributed by atoms with van der Waals surface area (Å²) in [4.78, 5) is 41.1. The lowest BCUT2D eigenvalue weighted by atomic mass is 9.82. The van der Waals surface area contributed by atoms with E-state index in [0.29, 0.717) is 23.4 Å². The molecule has 2 N–H and O–H groups in total. The standard InChI is InChI=1S/C32H27N3O6/c1-20(6-2-3-17-36)32(39)26-18-24(35(40)41)15-16-27(26)33(31(32)38)19-21-11-13-23(14-12-21)34-28-10-5-8-22-7-4-9-25(29(22)28)30(34)37/h2,4-16,18,20,36,39H,3,17,19H2,1H3/b6-2+/t20-,32+/m1/s1. The van der Waals surface area contributed by atoms with Gasteiger partial charge in [-0.2, -0.15) is 0 Å². The van der Waals surface area contributed by atoms with Crippen molar-refractivity contribution in [2.75, 3.05) is 16.4 Å². The molecule has 2 aliphatic rings. The van der Waals surface area contributed by atoms with Crippen LogP contribution in [0.2, 0.25) is 0 Å². The molecule has 206 valence electrons. The van der Waals surface area contributed by atoms with Gasteiger partial charge in [0.05, 0.1) is 28.4 Å². The molecule has 2 heterocycles. The van der Waals surface area contributed by atoms with Gasteiger partial charge in [0.15, 0.2) is 5.60 Å². The molecule has 0 aliphatic carbocycles. The van der Waals surface area contributed by atoms with Crippen molar-refractivity contribution < 1.29 is 24.7 Å². The third-order valence-corrected chi connectivity index (χ3v) is 7.94. The molecular weight excluding hydrogens is 522 g/mol. The zero-order valence-electron chi connectivity index (χ0n) is 22.2. The van der Waals surface area contributed by atoms with E-state index in [4.69, 9.17) is 5.11 Å². The van der Waals surface area contributed by atoms with Crippen LogP contribution in [0, 0.1) is 16.0 Å². The smallest absolute Gasteiger partial charge is 0.269 e. The highest BCUT2D eigenvalue weighted by Gasteiger charge is 2.53. The predicted molar refractivity (Wildman–Crippen MR) is 155 cm³/mol. The van der Waals surface area contributed by atoms with Crippen molar-refractivity contribution in [2.24, 2.45) is 5.92 Å². The Hall–Kier alpha value is -4.86. The number of nitro groups is 1. The molecule has 9 nitrogen and oxygen atoms in total. The third-order valence-electron chi connectivity index (χ3n) is 7.94. The van der Waals surface area contributed by atoms with Crippen molar-refractivity contribution in [3.05, 3.63) is 118 Å². The summed E-state index contributed by atoms with van der Waals surface area (Å²) in [6.07, 6.45) is 3.67. The van der Waals surface area contributed by atoms with Crippen molar-refractivity contribution >= 4 is 45.3 Å². The minimum atomic E-state index is -2.01. The molecule has 9 heteroatoms. The topological polar surface area (TPSA) is 124 Å². The first-order valence-electron chi connectivity index (χ1n) is 13.3. The number of hydrogen-bond donors (Lipinski definition) is 2. The number of aliphatic hydroxyl groups excluding tert-OH is 1. The van der Waals surface area contributed by atoms with Crippen LogP contribution < -0.4 is 9.80 Å². The molecule has 0 spiro atoms. The lowest BCUT2D eigenvalue weighted by molar-refractivity contribution is -0.385. The largest absolute Gasteiger partial charge is 0.396 e. The molecule has 0 aromatic heterocycles. The first-order chi connectivity index (χ1) is 19.8. The van der Waals surface area contributed by atoms with Crippen molar-refractivity contribution in [3.63, 3.8) is 0 Å². The van der Waals surface area contributed by atoms with E-state index in [1.54, 1.807) is 24.0 Å². The van der Waals surface area contributed by atoms with Gasteiger partial charge < -0.3 is 15.1 Å². The summed E-state index contributed by atoms with van der Waals surface area (Å²) in [5.41, 5.74) is 1.23. The number of benzene rings is 4. The maximum absolute atomic E-state index is 13.8. The zero-order valence-corrected chi connectivity index (χ0v) is 22.2. The summed E-state index contributed by atoms with van der Waals surface area (Å²) in [6.45, 7) is 1.70. The Morgan fingerprint density at radius 1 is 1.00 bits per heavy atom. The maximum Gasteiger partial charge on any atom is 0.269 e. The summed E-state index contributed by atoms with van der Waals surface area (Å²) < 4.78 is 0. The Morgan fingerprint density at radius 2 is 1.73 bits per heavy atom. The first kappa shape index (κ1) is 26.4. The second kappa shape index (κ2) is 9.96. The molecule has 0 bridgehead atoms. The molecule has 0 saturated heterocycles. The van der Waals surface area contributed by atoms with Crippen molar-refractivity contribution in [2.45, 2.75) is 25.5 Å². The van der Waals surface area contributed by atoms with Crippen LogP contribution in [0.1, 0.15) is 34.8 Å². The first-order valence-corrected chi connectivity index (χ1v) is 13.3. The summed E-state index contributed by atoms with van der Waals surface area (Å²) in [7, 11) is 0. The monoisotopic (exact) mass is 549 g/mol. The van der Waals surface area contributed by atoms with Gasteiger partial charge in [-0.05, 0) is 47.7 Å². The molecule has 2 atom stereocenters. The van der Waals surface area contributed by atoms with Crippen LogP contribution in [0.3, 0.4) is 0 Å². The second-order valence-electron chi connectivity index (χ2n) is 10.3. The Morgan fingerprint density at radius 3 is 2.44 bits per heavy atom. The fraction of sp³-hybridized carbons (Fsp3) is 0.188. The number of carbonyl (C=O) groups is 2. The van der Waals surface area contributed by atoms with E-state index in [0.717, 1.165) is 22.0 Å². The van der Waals surface area contributed by atoms with Gasteiger partial charge in [-0.15, -0.1) is 0 Å². The van der Waals surface area contributed by atoms with Crippen LogP contribution in [-0.2, 0) is 16.9 Å². The number of hydrogen-bond acceptors (Lipinski definition) is 6. The number of nitrogens with zero attached hydrogens (tertiary/aromatic N) is 3. The summed E-state index contributed by atoms with van der Waals surface area (Å²) in [5, 5.41) is 34.3. The number of anilines is 3. The maximum atomic E-state index is 13.8. The molecule has 0 fully saturated rings. The number of amides is 2. The highest BCUT2D eigenvalue weighted by atomic mass is 16.6. The van der Waals surface area contributed by atoms with Crippen LogP contribution in [-0.4, -0.2) is 33.6 Å². The summed E-state index contributed by atoms with van der Waals surface area (Å²) in [5.74, 6) is -1.40. The molecule has 6 rings (SSSR count). The van der Waals surface area contributed by atoms with E-state index in [1.807, 2.05) is 60.7 Å². The molecule has 4 aromatic carbocycles. The number of nitro benzene ring substituents is 1. The summed E-state index contributed by atoms with van der Waals surface area (Å²) in [6, 6.07) is 22.8. The van der Waals surface area contributed by atoms with E-state index in [9.17, 15) is 24.8 Å². The number of aliphatic hydroxyl groups is 2. The molecule has 41 heavy (non-hydrogen) atoms. The van der Waals surface area contributed by atoms with E-state index < -0.39 is 22.3 Å². The average Bonchev–Trinajstić information content (AvgIpc) is 3.39. The number of fused-ring (bicyclic) bond motifs is 1. The van der Waals surface area contributed by atoms with Crippen LogP contribution in [0.15, 0.2) is 91.0 Å². The molecule has 0 unspecified atom stereocenters. The van der Waals surface area contributed by atoms with E-state index in [1.165, 1.54) is 23.1 Å². The van der Waals surface area contributed by atoms with Gasteiger partial charge in [-0.3, -0.25) is 24.6 Å². The van der Waals surface area contributed by atoms with Crippen molar-refractivity contribution in [1.29, 1.82) is 0 Å². The fourth-order valence-electron chi connectivity index (χ4n) is 5.82. The van der Waals surface area contributed by atoms with Crippen molar-refractivity contribution in [1.82, 2.24) is 0 Å². The molecule has 2 amide bonds. The molecular formula is C32H27N3O6. The molecule has 2 aliphatic heterocycles. The average molecular weight is 550 g/mol.